The summed E-state index contributed by atoms with van der Waals surface area (Å²) in [4.78, 5) is 2.41. The van der Waals surface area contributed by atoms with Crippen LogP contribution in [0.25, 0.3) is 0 Å². The molecule has 0 aromatic heterocycles. The van der Waals surface area contributed by atoms with Crippen LogP contribution in [0.5, 0.6) is 0 Å². The minimum Gasteiger partial charge on any atom is -0.381 e. The van der Waals surface area contributed by atoms with Gasteiger partial charge < -0.3 is 5.32 Å². The van der Waals surface area contributed by atoms with Crippen molar-refractivity contribution in [3.8, 4) is 0 Å². The second-order valence-corrected chi connectivity index (χ2v) is 5.51. The van der Waals surface area contributed by atoms with Crippen molar-refractivity contribution in [2.75, 3.05) is 18.4 Å². The van der Waals surface area contributed by atoms with Crippen molar-refractivity contribution < 1.29 is 0 Å². The first-order valence-electron chi connectivity index (χ1n) is 7.51. The van der Waals surface area contributed by atoms with Crippen LogP contribution in [-0.4, -0.2) is 18.0 Å². The number of rotatable bonds is 7. The van der Waals surface area contributed by atoms with E-state index in [1.54, 1.807) is 0 Å². The van der Waals surface area contributed by atoms with E-state index in [2.05, 4.69) is 54.4 Å². The Balaban J connectivity index is 1.99. The molecule has 0 unspecified atom stereocenters. The highest BCUT2D eigenvalue weighted by Gasteiger charge is 2.03. The van der Waals surface area contributed by atoms with Crippen LogP contribution in [0.15, 0.2) is 48.5 Å². The number of benzene rings is 2. The first-order valence-corrected chi connectivity index (χ1v) is 7.89. The molecule has 0 atom stereocenters. The third kappa shape index (κ3) is 4.76. The van der Waals surface area contributed by atoms with Crippen LogP contribution in [0, 0.1) is 0 Å². The number of hydrogen-bond donors (Lipinski definition) is 1. The SMILES string of the molecule is CCN(CC)Cc1cccc(NCc2ccccc2Cl)c1. The van der Waals surface area contributed by atoms with Gasteiger partial charge in [0, 0.05) is 23.8 Å². The highest BCUT2D eigenvalue weighted by atomic mass is 35.5. The molecule has 0 bridgehead atoms. The summed E-state index contributed by atoms with van der Waals surface area (Å²) in [6.07, 6.45) is 0. The fourth-order valence-corrected chi connectivity index (χ4v) is 2.53. The van der Waals surface area contributed by atoms with Crippen LogP contribution in [0.4, 0.5) is 5.69 Å². The summed E-state index contributed by atoms with van der Waals surface area (Å²) in [5, 5.41) is 4.26. The molecule has 21 heavy (non-hydrogen) atoms. The minimum atomic E-state index is 0.744. The van der Waals surface area contributed by atoms with E-state index in [0.717, 1.165) is 42.5 Å². The molecule has 0 aliphatic rings. The maximum Gasteiger partial charge on any atom is 0.0455 e. The fraction of sp³-hybridized carbons (Fsp3) is 0.333. The smallest absolute Gasteiger partial charge is 0.0455 e. The summed E-state index contributed by atoms with van der Waals surface area (Å²) in [6.45, 7) is 8.29. The van der Waals surface area contributed by atoms with Gasteiger partial charge in [0.1, 0.15) is 0 Å². The van der Waals surface area contributed by atoms with Crippen molar-refractivity contribution in [3.05, 3.63) is 64.7 Å². The van der Waals surface area contributed by atoms with Crippen LogP contribution in [0.1, 0.15) is 25.0 Å². The summed E-state index contributed by atoms with van der Waals surface area (Å²) in [6, 6.07) is 16.5. The molecule has 112 valence electrons. The Morgan fingerprint density at radius 2 is 1.76 bits per heavy atom. The van der Waals surface area contributed by atoms with Crippen molar-refractivity contribution in [2.24, 2.45) is 0 Å². The van der Waals surface area contributed by atoms with Crippen molar-refractivity contribution in [1.82, 2.24) is 4.90 Å². The summed E-state index contributed by atoms with van der Waals surface area (Å²) in [5.41, 5.74) is 3.59. The molecular weight excluding hydrogens is 280 g/mol. The van der Waals surface area contributed by atoms with E-state index in [4.69, 9.17) is 11.6 Å². The molecule has 0 saturated carbocycles. The van der Waals surface area contributed by atoms with E-state index in [1.165, 1.54) is 5.56 Å². The molecule has 0 aliphatic carbocycles. The molecule has 2 rings (SSSR count). The van der Waals surface area contributed by atoms with Gasteiger partial charge in [-0.15, -0.1) is 0 Å². The first-order chi connectivity index (χ1) is 10.2. The summed E-state index contributed by atoms with van der Waals surface area (Å²) < 4.78 is 0. The van der Waals surface area contributed by atoms with E-state index < -0.39 is 0 Å². The number of nitrogens with one attached hydrogen (secondary N) is 1. The van der Waals surface area contributed by atoms with Crippen LogP contribution in [0.3, 0.4) is 0 Å². The lowest BCUT2D eigenvalue weighted by Crippen LogP contribution is -2.22. The predicted octanol–water partition coefficient (Wildman–Crippen LogP) is 4.79. The standard InChI is InChI=1S/C18H23ClN2/c1-3-21(4-2)14-15-8-7-10-17(12-15)20-13-16-9-5-6-11-18(16)19/h5-12,20H,3-4,13-14H2,1-2H3. The van der Waals surface area contributed by atoms with Crippen LogP contribution in [-0.2, 0) is 13.1 Å². The Morgan fingerprint density at radius 1 is 1.00 bits per heavy atom. The van der Waals surface area contributed by atoms with Gasteiger partial charge in [-0.2, -0.15) is 0 Å². The average molecular weight is 303 g/mol. The Bertz CT molecular complexity index is 565. The predicted molar refractivity (Wildman–Crippen MR) is 91.8 cm³/mol. The molecule has 2 nitrogen and oxygen atoms in total. The molecule has 0 aliphatic heterocycles. The Hall–Kier alpha value is -1.51. The lowest BCUT2D eigenvalue weighted by molar-refractivity contribution is 0.296. The first kappa shape index (κ1) is 15.9. The molecule has 0 radical (unpaired) electrons. The monoisotopic (exact) mass is 302 g/mol. The molecule has 2 aromatic carbocycles. The zero-order chi connectivity index (χ0) is 15.1. The Labute approximate surface area is 132 Å². The minimum absolute atomic E-state index is 0.744. The quantitative estimate of drug-likeness (QED) is 0.791. The highest BCUT2D eigenvalue weighted by molar-refractivity contribution is 6.31. The zero-order valence-electron chi connectivity index (χ0n) is 12.8. The molecule has 0 saturated heterocycles. The lowest BCUT2D eigenvalue weighted by atomic mass is 10.1. The van der Waals surface area contributed by atoms with E-state index >= 15 is 0 Å². The van der Waals surface area contributed by atoms with Gasteiger partial charge in [-0.1, -0.05) is 55.8 Å². The lowest BCUT2D eigenvalue weighted by Gasteiger charge is -2.18. The molecule has 0 amide bonds. The van der Waals surface area contributed by atoms with E-state index in [1.807, 2.05) is 18.2 Å². The third-order valence-corrected chi connectivity index (χ3v) is 4.04. The van der Waals surface area contributed by atoms with Gasteiger partial charge in [0.15, 0.2) is 0 Å². The van der Waals surface area contributed by atoms with Crippen molar-refractivity contribution >= 4 is 17.3 Å². The average Bonchev–Trinajstić information content (AvgIpc) is 2.52. The second-order valence-electron chi connectivity index (χ2n) is 5.11. The summed E-state index contributed by atoms with van der Waals surface area (Å²) in [7, 11) is 0. The number of nitrogens with zero attached hydrogens (tertiary/aromatic N) is 1. The van der Waals surface area contributed by atoms with Gasteiger partial charge in [0.05, 0.1) is 0 Å². The normalized spacial score (nSPS) is 10.9. The van der Waals surface area contributed by atoms with Gasteiger partial charge in [-0.25, -0.2) is 0 Å². The number of anilines is 1. The van der Waals surface area contributed by atoms with E-state index in [9.17, 15) is 0 Å². The topological polar surface area (TPSA) is 15.3 Å². The van der Waals surface area contributed by atoms with E-state index in [-0.39, 0.29) is 0 Å². The zero-order valence-corrected chi connectivity index (χ0v) is 13.5. The van der Waals surface area contributed by atoms with E-state index in [0.29, 0.717) is 0 Å². The van der Waals surface area contributed by atoms with Crippen LogP contribution >= 0.6 is 11.6 Å². The van der Waals surface area contributed by atoms with Gasteiger partial charge in [-0.05, 0) is 42.4 Å². The molecule has 0 fully saturated rings. The van der Waals surface area contributed by atoms with Crippen molar-refractivity contribution in [3.63, 3.8) is 0 Å². The summed E-state index contributed by atoms with van der Waals surface area (Å²) >= 11 is 6.18. The maximum absolute atomic E-state index is 6.18. The summed E-state index contributed by atoms with van der Waals surface area (Å²) in [5.74, 6) is 0. The van der Waals surface area contributed by atoms with Crippen LogP contribution < -0.4 is 5.32 Å². The molecule has 3 heteroatoms. The molecule has 2 aromatic rings. The van der Waals surface area contributed by atoms with Gasteiger partial charge >= 0.3 is 0 Å². The third-order valence-electron chi connectivity index (χ3n) is 3.67. The van der Waals surface area contributed by atoms with Gasteiger partial charge in [-0.3, -0.25) is 4.90 Å². The largest absolute Gasteiger partial charge is 0.381 e. The highest BCUT2D eigenvalue weighted by Crippen LogP contribution is 2.18. The van der Waals surface area contributed by atoms with Gasteiger partial charge in [0.25, 0.3) is 0 Å². The molecular formula is C18H23ClN2. The molecule has 0 spiro atoms. The number of hydrogen-bond acceptors (Lipinski definition) is 2. The molecule has 1 N–H and O–H groups in total. The second kappa shape index (κ2) is 8.06. The van der Waals surface area contributed by atoms with Crippen molar-refractivity contribution in [1.29, 1.82) is 0 Å². The van der Waals surface area contributed by atoms with Gasteiger partial charge in [0.2, 0.25) is 0 Å². The Kier molecular flexibility index (Phi) is 6.09. The Morgan fingerprint density at radius 3 is 2.48 bits per heavy atom. The van der Waals surface area contributed by atoms with Crippen LogP contribution in [0.2, 0.25) is 5.02 Å². The maximum atomic E-state index is 6.18. The number of halogens is 1. The fourth-order valence-electron chi connectivity index (χ4n) is 2.32. The molecule has 0 heterocycles. The van der Waals surface area contributed by atoms with Crippen molar-refractivity contribution in [2.45, 2.75) is 26.9 Å².